The Labute approximate surface area is 173 Å². The number of amidine groups is 1. The van der Waals surface area contributed by atoms with Crippen molar-refractivity contribution in [2.45, 2.75) is 17.8 Å². The van der Waals surface area contributed by atoms with Gasteiger partial charge in [-0.1, -0.05) is 30.0 Å². The number of anilines is 1. The van der Waals surface area contributed by atoms with Gasteiger partial charge < -0.3 is 15.4 Å². The molecule has 0 radical (unpaired) electrons. The van der Waals surface area contributed by atoms with Crippen molar-refractivity contribution in [1.82, 2.24) is 5.32 Å². The lowest BCUT2D eigenvalue weighted by atomic mass is 10.1. The summed E-state index contributed by atoms with van der Waals surface area (Å²) in [5.74, 6) is 0.850. The maximum Gasteiger partial charge on any atom is 0.251 e. The zero-order valence-electron chi connectivity index (χ0n) is 15.8. The van der Waals surface area contributed by atoms with Crippen molar-refractivity contribution in [1.29, 1.82) is 0 Å². The number of aliphatic imine (C=N–C) groups is 1. The van der Waals surface area contributed by atoms with Crippen molar-refractivity contribution in [3.05, 3.63) is 59.7 Å². The minimum absolute atomic E-state index is 0.0168. The van der Waals surface area contributed by atoms with Gasteiger partial charge in [-0.3, -0.25) is 9.79 Å². The normalized spacial score (nSPS) is 21.9. The van der Waals surface area contributed by atoms with E-state index in [0.717, 1.165) is 17.0 Å². The highest BCUT2D eigenvalue weighted by atomic mass is 32.2. The van der Waals surface area contributed by atoms with Gasteiger partial charge in [-0.2, -0.15) is 0 Å². The number of nitrogens with one attached hydrogen (secondary N) is 2. The molecule has 152 valence electrons. The molecule has 1 fully saturated rings. The molecule has 1 saturated heterocycles. The minimum atomic E-state index is -2.97. The van der Waals surface area contributed by atoms with E-state index in [0.29, 0.717) is 17.3 Å². The van der Waals surface area contributed by atoms with Gasteiger partial charge >= 0.3 is 0 Å². The summed E-state index contributed by atoms with van der Waals surface area (Å²) < 4.78 is 28.5. The van der Waals surface area contributed by atoms with Crippen LogP contribution in [0.5, 0.6) is 5.75 Å². The molecule has 2 aromatic rings. The smallest absolute Gasteiger partial charge is 0.251 e. The van der Waals surface area contributed by atoms with Gasteiger partial charge in [0.15, 0.2) is 15.0 Å². The third-order valence-corrected chi connectivity index (χ3v) is 7.92. The van der Waals surface area contributed by atoms with Crippen molar-refractivity contribution in [2.75, 3.05) is 23.9 Å². The number of hydrogen-bond acceptors (Lipinski definition) is 7. The fourth-order valence-electron chi connectivity index (χ4n) is 3.34. The molecule has 2 aliphatic rings. The van der Waals surface area contributed by atoms with Gasteiger partial charge in [0, 0.05) is 23.0 Å². The molecule has 0 aromatic heterocycles. The van der Waals surface area contributed by atoms with E-state index in [1.54, 1.807) is 25.3 Å². The summed E-state index contributed by atoms with van der Waals surface area (Å²) in [6.45, 7) is 0.397. The topological polar surface area (TPSA) is 96.9 Å². The van der Waals surface area contributed by atoms with Crippen LogP contribution < -0.4 is 15.4 Å². The van der Waals surface area contributed by atoms with Crippen LogP contribution in [0, 0.1) is 0 Å². The average Bonchev–Trinajstić information content (AvgIpc) is 3.18. The number of amides is 1. The van der Waals surface area contributed by atoms with E-state index >= 15 is 0 Å². The molecule has 0 bridgehead atoms. The average molecular weight is 432 g/mol. The van der Waals surface area contributed by atoms with Crippen LogP contribution in [0.1, 0.15) is 15.9 Å². The lowest BCUT2D eigenvalue weighted by molar-refractivity contribution is 0.0951. The van der Waals surface area contributed by atoms with E-state index in [2.05, 4.69) is 15.6 Å². The van der Waals surface area contributed by atoms with Gasteiger partial charge in [0.05, 0.1) is 24.7 Å². The molecule has 9 heteroatoms. The van der Waals surface area contributed by atoms with Gasteiger partial charge in [-0.15, -0.1) is 0 Å². The number of sulfone groups is 1. The van der Waals surface area contributed by atoms with Crippen LogP contribution in [0.3, 0.4) is 0 Å². The number of thioether (sulfide) groups is 1. The number of ether oxygens (including phenoxy) is 1. The largest absolute Gasteiger partial charge is 0.497 e. The van der Waals surface area contributed by atoms with Gasteiger partial charge in [-0.05, 0) is 35.9 Å². The molecule has 0 spiro atoms. The number of methoxy groups -OCH3 is 1. The van der Waals surface area contributed by atoms with Crippen LogP contribution in [0.15, 0.2) is 53.5 Å². The lowest BCUT2D eigenvalue weighted by Gasteiger charge is -2.10. The predicted molar refractivity (Wildman–Crippen MR) is 115 cm³/mol. The Bertz CT molecular complexity index is 1070. The van der Waals surface area contributed by atoms with E-state index in [4.69, 9.17) is 4.74 Å². The molecule has 0 saturated carbocycles. The maximum absolute atomic E-state index is 12.5. The molecule has 29 heavy (non-hydrogen) atoms. The third kappa shape index (κ3) is 4.73. The molecule has 2 aliphatic heterocycles. The molecule has 0 unspecified atom stereocenters. The Kier molecular flexibility index (Phi) is 5.51. The third-order valence-electron chi connectivity index (χ3n) is 4.78. The first-order valence-electron chi connectivity index (χ1n) is 9.15. The van der Waals surface area contributed by atoms with Crippen molar-refractivity contribution in [3.8, 4) is 5.75 Å². The second-order valence-electron chi connectivity index (χ2n) is 6.97. The second kappa shape index (κ2) is 8.08. The van der Waals surface area contributed by atoms with E-state index in [9.17, 15) is 13.2 Å². The summed E-state index contributed by atoms with van der Waals surface area (Å²) in [6, 6.07) is 14.5. The highest BCUT2D eigenvalue weighted by Gasteiger charge is 2.42. The van der Waals surface area contributed by atoms with Crippen molar-refractivity contribution < 1.29 is 17.9 Å². The molecule has 2 aromatic carbocycles. The fraction of sp³-hybridized carbons (Fsp3) is 0.300. The SMILES string of the molecule is COc1cccc(CNC(=O)c2cccc(NC3=N[C@H]4CS(=O)(=O)C[C@@H]4S3)c2)c1. The van der Waals surface area contributed by atoms with Gasteiger partial charge in [-0.25, -0.2) is 8.42 Å². The summed E-state index contributed by atoms with van der Waals surface area (Å²) in [5, 5.41) is 6.79. The number of carbonyl (C=O) groups excluding carboxylic acids is 1. The van der Waals surface area contributed by atoms with E-state index in [1.807, 2.05) is 30.3 Å². The monoisotopic (exact) mass is 431 g/mol. The van der Waals surface area contributed by atoms with E-state index in [-0.39, 0.29) is 28.7 Å². The summed E-state index contributed by atoms with van der Waals surface area (Å²) in [7, 11) is -1.36. The fourth-order valence-corrected chi connectivity index (χ4v) is 7.02. The van der Waals surface area contributed by atoms with Crippen LogP contribution in [0.25, 0.3) is 0 Å². The molecular weight excluding hydrogens is 410 g/mol. The van der Waals surface area contributed by atoms with Crippen LogP contribution >= 0.6 is 11.8 Å². The summed E-state index contributed by atoms with van der Waals surface area (Å²) in [4.78, 5) is 17.0. The molecule has 2 heterocycles. The summed E-state index contributed by atoms with van der Waals surface area (Å²) >= 11 is 1.45. The highest BCUT2D eigenvalue weighted by Crippen LogP contribution is 2.34. The lowest BCUT2D eigenvalue weighted by Crippen LogP contribution is -2.23. The first kappa shape index (κ1) is 19.8. The van der Waals surface area contributed by atoms with E-state index in [1.165, 1.54) is 11.8 Å². The number of hydrogen-bond donors (Lipinski definition) is 2. The van der Waals surface area contributed by atoms with Crippen molar-refractivity contribution >= 4 is 38.4 Å². The van der Waals surface area contributed by atoms with Gasteiger partial charge in [0.2, 0.25) is 0 Å². The Morgan fingerprint density at radius 1 is 1.21 bits per heavy atom. The first-order chi connectivity index (χ1) is 13.9. The summed E-state index contributed by atoms with van der Waals surface area (Å²) in [5.41, 5.74) is 2.22. The zero-order chi connectivity index (χ0) is 20.4. The molecule has 4 rings (SSSR count). The number of carbonyl (C=O) groups is 1. The van der Waals surface area contributed by atoms with Crippen LogP contribution in [0.4, 0.5) is 5.69 Å². The van der Waals surface area contributed by atoms with Crippen molar-refractivity contribution in [3.63, 3.8) is 0 Å². The Balaban J connectivity index is 1.38. The van der Waals surface area contributed by atoms with Crippen LogP contribution in [0.2, 0.25) is 0 Å². The quantitative estimate of drug-likeness (QED) is 0.754. The molecule has 2 N–H and O–H groups in total. The van der Waals surface area contributed by atoms with Gasteiger partial charge in [0.25, 0.3) is 5.91 Å². The molecule has 0 aliphatic carbocycles. The molecule has 7 nitrogen and oxygen atoms in total. The Morgan fingerprint density at radius 2 is 2.03 bits per heavy atom. The number of rotatable bonds is 5. The van der Waals surface area contributed by atoms with Crippen LogP contribution in [-0.2, 0) is 16.4 Å². The number of benzene rings is 2. The molecular formula is C20H21N3O4S2. The Morgan fingerprint density at radius 3 is 2.83 bits per heavy atom. The minimum Gasteiger partial charge on any atom is -0.497 e. The number of fused-ring (bicyclic) bond motifs is 1. The molecule has 1 amide bonds. The number of nitrogens with zero attached hydrogens (tertiary/aromatic N) is 1. The van der Waals surface area contributed by atoms with Crippen molar-refractivity contribution in [2.24, 2.45) is 4.99 Å². The maximum atomic E-state index is 12.5. The molecule has 2 atom stereocenters. The first-order valence-corrected chi connectivity index (χ1v) is 11.8. The highest BCUT2D eigenvalue weighted by molar-refractivity contribution is 8.15. The standard InChI is InChI=1S/C20H21N3O4S2/c1-27-16-7-2-4-13(8-16)10-21-19(24)14-5-3-6-15(9-14)22-20-23-17-11-29(25,26)12-18(17)28-20/h2-9,17-18H,10-12H2,1H3,(H,21,24)(H,22,23)/t17-,18-/m0/s1. The van der Waals surface area contributed by atoms with Crippen LogP contribution in [-0.4, -0.2) is 49.4 Å². The Hall–Kier alpha value is -2.52. The van der Waals surface area contributed by atoms with Gasteiger partial charge in [0.1, 0.15) is 5.75 Å². The van der Waals surface area contributed by atoms with E-state index < -0.39 is 9.84 Å². The zero-order valence-corrected chi connectivity index (χ0v) is 17.4. The predicted octanol–water partition coefficient (Wildman–Crippen LogP) is 2.31. The summed E-state index contributed by atoms with van der Waals surface area (Å²) in [6.07, 6.45) is 0. The second-order valence-corrected chi connectivity index (χ2v) is 10.4.